The number of amides is 1. The van der Waals surface area contributed by atoms with Gasteiger partial charge in [0.1, 0.15) is 5.25 Å². The number of hydrogen-bond donors (Lipinski definition) is 2. The zero-order chi connectivity index (χ0) is 16.9. The number of benzene rings is 2. The smallest absolute Gasteiger partial charge is 0.237 e. The highest BCUT2D eigenvalue weighted by Gasteiger charge is 2.26. The minimum atomic E-state index is -0.208. The molecule has 1 heterocycles. The number of nitrogens with two attached hydrogens (primary N) is 1. The molecule has 1 aliphatic heterocycles. The zero-order valence-electron chi connectivity index (χ0n) is 13.2. The second kappa shape index (κ2) is 7.52. The second-order valence-corrected chi connectivity index (χ2v) is 7.01. The molecule has 1 aliphatic rings. The largest absolute Gasteiger partial charge is 0.351 e. The molecule has 3 N–H and O–H groups in total. The van der Waals surface area contributed by atoms with Crippen molar-refractivity contribution in [2.75, 3.05) is 12.3 Å². The van der Waals surface area contributed by atoms with E-state index in [9.17, 15) is 4.79 Å². The van der Waals surface area contributed by atoms with Crippen LogP contribution < -0.4 is 11.1 Å². The van der Waals surface area contributed by atoms with Crippen LogP contribution in [0.3, 0.4) is 0 Å². The lowest BCUT2D eigenvalue weighted by atomic mass is 10.0. The first-order valence-corrected chi connectivity index (χ1v) is 8.98. The summed E-state index contributed by atoms with van der Waals surface area (Å²) in [5, 5.41) is 11.7. The molecule has 0 aliphatic carbocycles. The van der Waals surface area contributed by atoms with E-state index >= 15 is 0 Å². The fraction of sp³-hybridized carbons (Fsp3) is 0.263. The lowest BCUT2D eigenvalue weighted by molar-refractivity contribution is -0.121. The van der Waals surface area contributed by atoms with Crippen LogP contribution in [0, 0.1) is 11.3 Å². The number of nitriles is 1. The summed E-state index contributed by atoms with van der Waals surface area (Å²) in [7, 11) is 0. The minimum absolute atomic E-state index is 0.0323. The lowest BCUT2D eigenvalue weighted by Gasteiger charge is -2.16. The highest BCUT2D eigenvalue weighted by molar-refractivity contribution is 8.00. The van der Waals surface area contributed by atoms with Crippen molar-refractivity contribution in [3.63, 3.8) is 0 Å². The second-order valence-electron chi connectivity index (χ2n) is 5.80. The van der Waals surface area contributed by atoms with Crippen LogP contribution in [-0.2, 0) is 4.79 Å². The molecule has 0 aromatic heterocycles. The first-order chi connectivity index (χ1) is 11.7. The molecule has 1 saturated heterocycles. The van der Waals surface area contributed by atoms with Crippen LogP contribution in [0.4, 0.5) is 0 Å². The van der Waals surface area contributed by atoms with Gasteiger partial charge in [-0.25, -0.2) is 0 Å². The Balaban J connectivity index is 1.87. The van der Waals surface area contributed by atoms with Crippen molar-refractivity contribution in [3.8, 4) is 17.2 Å². The van der Waals surface area contributed by atoms with Gasteiger partial charge in [-0.05, 0) is 47.1 Å². The van der Waals surface area contributed by atoms with Gasteiger partial charge < -0.3 is 11.1 Å². The van der Waals surface area contributed by atoms with Gasteiger partial charge in [0.25, 0.3) is 0 Å². The van der Waals surface area contributed by atoms with Gasteiger partial charge in [0, 0.05) is 12.6 Å². The van der Waals surface area contributed by atoms with E-state index in [-0.39, 0.29) is 17.2 Å². The van der Waals surface area contributed by atoms with Gasteiger partial charge >= 0.3 is 0 Å². The fourth-order valence-electron chi connectivity index (χ4n) is 2.80. The first-order valence-electron chi connectivity index (χ1n) is 7.94. The van der Waals surface area contributed by atoms with Crippen molar-refractivity contribution in [1.29, 1.82) is 5.26 Å². The molecule has 0 bridgehead atoms. The number of thioether (sulfide) groups is 1. The van der Waals surface area contributed by atoms with E-state index in [1.54, 1.807) is 23.9 Å². The first kappa shape index (κ1) is 16.6. The van der Waals surface area contributed by atoms with Crippen molar-refractivity contribution < 1.29 is 4.79 Å². The van der Waals surface area contributed by atoms with Crippen molar-refractivity contribution in [1.82, 2.24) is 5.32 Å². The Bertz CT molecular complexity index is 767. The third kappa shape index (κ3) is 3.61. The molecule has 2 aromatic carbocycles. The van der Waals surface area contributed by atoms with Crippen LogP contribution in [0.1, 0.15) is 22.8 Å². The number of hydrogen-bond acceptors (Lipinski definition) is 4. The predicted octanol–water partition coefficient (Wildman–Crippen LogP) is 2.85. The summed E-state index contributed by atoms with van der Waals surface area (Å²) >= 11 is 1.66. The van der Waals surface area contributed by atoms with Gasteiger partial charge in [0.05, 0.1) is 11.6 Å². The quantitative estimate of drug-likeness (QED) is 0.903. The van der Waals surface area contributed by atoms with Crippen LogP contribution in [-0.4, -0.2) is 24.2 Å². The normalized spacial score (nSPS) is 20.8. The number of carbonyl (C=O) groups excluding carboxylic acids is 1. The molecular formula is C19H19N3OS. The van der Waals surface area contributed by atoms with Crippen molar-refractivity contribution in [3.05, 3.63) is 59.7 Å². The highest BCUT2D eigenvalue weighted by Crippen LogP contribution is 2.34. The molecule has 0 radical (unpaired) electrons. The molecule has 24 heavy (non-hydrogen) atoms. The van der Waals surface area contributed by atoms with Crippen LogP contribution in [0.15, 0.2) is 48.5 Å². The minimum Gasteiger partial charge on any atom is -0.351 e. The Morgan fingerprint density at radius 2 is 2.00 bits per heavy atom. The summed E-state index contributed by atoms with van der Waals surface area (Å²) in [5.74, 6) is 0.941. The third-order valence-corrected chi connectivity index (χ3v) is 5.45. The van der Waals surface area contributed by atoms with Crippen LogP contribution in [0.2, 0.25) is 0 Å². The third-order valence-electron chi connectivity index (χ3n) is 4.16. The van der Waals surface area contributed by atoms with Crippen molar-refractivity contribution in [2.24, 2.45) is 5.73 Å². The number of carbonyl (C=O) groups is 1. The average molecular weight is 337 g/mol. The fourth-order valence-corrected chi connectivity index (χ4v) is 4.01. The van der Waals surface area contributed by atoms with E-state index in [1.807, 2.05) is 30.3 Å². The van der Waals surface area contributed by atoms with Gasteiger partial charge in [-0.1, -0.05) is 30.3 Å². The molecule has 3 rings (SSSR count). The number of nitrogens with one attached hydrogen (secondary N) is 1. The van der Waals surface area contributed by atoms with E-state index in [4.69, 9.17) is 11.0 Å². The lowest BCUT2D eigenvalue weighted by Crippen LogP contribution is -2.40. The molecule has 2 atom stereocenters. The molecule has 2 aromatic rings. The Labute approximate surface area is 146 Å². The summed E-state index contributed by atoms with van der Waals surface area (Å²) in [6.45, 7) is 0.476. The number of nitrogens with zero attached hydrogens (tertiary/aromatic N) is 1. The van der Waals surface area contributed by atoms with Gasteiger partial charge in [-0.2, -0.15) is 5.26 Å². The zero-order valence-corrected chi connectivity index (χ0v) is 14.1. The van der Waals surface area contributed by atoms with E-state index < -0.39 is 0 Å². The molecule has 1 amide bonds. The summed E-state index contributed by atoms with van der Waals surface area (Å²) in [6, 6.07) is 17.7. The molecular weight excluding hydrogens is 318 g/mol. The summed E-state index contributed by atoms with van der Waals surface area (Å²) < 4.78 is 0. The van der Waals surface area contributed by atoms with E-state index in [0.29, 0.717) is 12.1 Å². The topological polar surface area (TPSA) is 78.9 Å². The molecule has 1 fully saturated rings. The Hall–Kier alpha value is -2.29. The van der Waals surface area contributed by atoms with Crippen LogP contribution in [0.5, 0.6) is 0 Å². The monoisotopic (exact) mass is 337 g/mol. The van der Waals surface area contributed by atoms with Gasteiger partial charge in [-0.3, -0.25) is 4.79 Å². The van der Waals surface area contributed by atoms with E-state index in [1.165, 1.54) is 0 Å². The van der Waals surface area contributed by atoms with Crippen LogP contribution in [0.25, 0.3) is 11.1 Å². The maximum atomic E-state index is 12.5. The molecule has 0 unspecified atom stereocenters. The summed E-state index contributed by atoms with van der Waals surface area (Å²) in [4.78, 5) is 12.5. The van der Waals surface area contributed by atoms with Crippen molar-refractivity contribution in [2.45, 2.75) is 17.7 Å². The SMILES string of the molecule is N#Cc1ccc(-c2cccc([C@@H]3SCC[C@H](CN)NC3=O)c2)cc1. The molecule has 0 saturated carbocycles. The maximum absolute atomic E-state index is 12.5. The van der Waals surface area contributed by atoms with Crippen LogP contribution >= 0.6 is 11.8 Å². The molecule has 4 nitrogen and oxygen atoms in total. The summed E-state index contributed by atoms with van der Waals surface area (Å²) in [6.07, 6.45) is 0.902. The predicted molar refractivity (Wildman–Crippen MR) is 97.4 cm³/mol. The van der Waals surface area contributed by atoms with Gasteiger partial charge in [-0.15, -0.1) is 11.8 Å². The average Bonchev–Trinajstić information content (AvgIpc) is 2.83. The van der Waals surface area contributed by atoms with Crippen molar-refractivity contribution >= 4 is 17.7 Å². The Kier molecular flexibility index (Phi) is 5.19. The highest BCUT2D eigenvalue weighted by atomic mass is 32.2. The Morgan fingerprint density at radius 3 is 2.71 bits per heavy atom. The molecule has 122 valence electrons. The molecule has 5 heteroatoms. The van der Waals surface area contributed by atoms with Gasteiger partial charge in [0.2, 0.25) is 5.91 Å². The standard InChI is InChI=1S/C19H19N3OS/c20-11-13-4-6-14(7-5-13)15-2-1-3-16(10-15)18-19(23)22-17(12-21)8-9-24-18/h1-7,10,17-18H,8-9,12,21H2,(H,22,23)/t17-,18+/m1/s1. The summed E-state index contributed by atoms with van der Waals surface area (Å²) in [5.41, 5.74) is 9.42. The molecule has 0 spiro atoms. The van der Waals surface area contributed by atoms with E-state index in [0.717, 1.165) is 28.9 Å². The maximum Gasteiger partial charge on any atom is 0.237 e. The van der Waals surface area contributed by atoms with Gasteiger partial charge in [0.15, 0.2) is 0 Å². The van der Waals surface area contributed by atoms with E-state index in [2.05, 4.69) is 17.5 Å². The number of rotatable bonds is 3. The Morgan fingerprint density at radius 1 is 1.21 bits per heavy atom.